The Morgan fingerprint density at radius 2 is 1.72 bits per heavy atom. The van der Waals surface area contributed by atoms with Crippen LogP contribution in [0.1, 0.15) is 82.4 Å². The third-order valence-corrected chi connectivity index (χ3v) is 11.2. The summed E-state index contributed by atoms with van der Waals surface area (Å²) in [6, 6.07) is 15.4. The van der Waals surface area contributed by atoms with Gasteiger partial charge in [0.15, 0.2) is 0 Å². The molecule has 2 aliphatic carbocycles. The Morgan fingerprint density at radius 1 is 1.02 bits per heavy atom. The summed E-state index contributed by atoms with van der Waals surface area (Å²) in [4.78, 5) is 21.5. The van der Waals surface area contributed by atoms with Crippen LogP contribution in [0, 0.1) is 37.0 Å². The van der Waals surface area contributed by atoms with Gasteiger partial charge in [-0.05, 0) is 112 Å². The number of nitrogens with zero attached hydrogens (tertiary/aromatic N) is 2. The maximum atomic E-state index is 13.8. The summed E-state index contributed by atoms with van der Waals surface area (Å²) >= 11 is 0. The molecule has 9 nitrogen and oxygen atoms in total. The molecule has 2 aromatic carbocycles. The van der Waals surface area contributed by atoms with E-state index in [2.05, 4.69) is 39.9 Å². The van der Waals surface area contributed by atoms with Crippen molar-refractivity contribution in [1.29, 1.82) is 0 Å². The highest BCUT2D eigenvalue weighted by atomic mass is 32.2. The van der Waals surface area contributed by atoms with Crippen molar-refractivity contribution in [2.24, 2.45) is 23.2 Å². The van der Waals surface area contributed by atoms with E-state index in [9.17, 15) is 13.2 Å². The molecular weight excluding hydrogens is 600 g/mol. The molecule has 2 heterocycles. The summed E-state index contributed by atoms with van der Waals surface area (Å²) in [5, 5.41) is 3.02. The van der Waals surface area contributed by atoms with Crippen molar-refractivity contribution in [3.8, 4) is 17.1 Å². The average molecular weight is 647 g/mol. The molecule has 1 aromatic heterocycles. The number of carbonyl (C=O) groups excluding carboxylic acids is 1. The lowest BCUT2D eigenvalue weighted by molar-refractivity contribution is -0.0685. The fourth-order valence-corrected chi connectivity index (χ4v) is 9.15. The van der Waals surface area contributed by atoms with Crippen LogP contribution in [-0.4, -0.2) is 43.2 Å². The van der Waals surface area contributed by atoms with Gasteiger partial charge in [0.2, 0.25) is 11.8 Å². The van der Waals surface area contributed by atoms with Crippen molar-refractivity contribution >= 4 is 22.1 Å². The molecule has 0 radical (unpaired) electrons. The number of hydrogen-bond donors (Lipinski definition) is 2. The number of aromatic nitrogens is 2. The average Bonchev–Trinajstić information content (AvgIpc) is 2.92. The smallest absolute Gasteiger partial charge is 0.407 e. The number of carbonyl (C=O) groups is 1. The maximum absolute atomic E-state index is 13.8. The Bertz CT molecular complexity index is 1690. The van der Waals surface area contributed by atoms with E-state index in [1.807, 2.05) is 64.1 Å². The molecule has 3 aliphatic rings. The van der Waals surface area contributed by atoms with Crippen molar-refractivity contribution in [3.05, 3.63) is 65.2 Å². The number of nitrogens with one attached hydrogen (secondary N) is 2. The number of amides is 1. The van der Waals surface area contributed by atoms with E-state index < -0.39 is 10.0 Å². The van der Waals surface area contributed by atoms with Crippen LogP contribution in [0.5, 0.6) is 5.88 Å². The third-order valence-electron chi connectivity index (χ3n) is 9.87. The second-order valence-corrected chi connectivity index (χ2v) is 16.1. The minimum absolute atomic E-state index is 0.00977. The van der Waals surface area contributed by atoms with Crippen LogP contribution < -0.4 is 14.8 Å². The number of benzene rings is 2. The lowest BCUT2D eigenvalue weighted by Crippen LogP contribution is -2.57. The molecule has 246 valence electrons. The first-order chi connectivity index (χ1) is 21.8. The van der Waals surface area contributed by atoms with Crippen LogP contribution in [-0.2, 0) is 14.8 Å². The van der Waals surface area contributed by atoms with Gasteiger partial charge in [0.05, 0.1) is 23.3 Å². The van der Waals surface area contributed by atoms with Crippen molar-refractivity contribution < 1.29 is 22.7 Å². The van der Waals surface area contributed by atoms with E-state index in [-0.39, 0.29) is 46.3 Å². The first-order valence-corrected chi connectivity index (χ1v) is 18.0. The van der Waals surface area contributed by atoms with Gasteiger partial charge in [-0.3, -0.25) is 0 Å². The molecule has 2 N–H and O–H groups in total. The van der Waals surface area contributed by atoms with E-state index in [1.54, 1.807) is 6.07 Å². The molecule has 4 bridgehead atoms. The van der Waals surface area contributed by atoms with Crippen LogP contribution in [0.25, 0.3) is 11.3 Å². The van der Waals surface area contributed by atoms with Gasteiger partial charge in [-0.25, -0.2) is 22.9 Å². The number of aryl methyl sites for hydroxylation is 2. The summed E-state index contributed by atoms with van der Waals surface area (Å²) in [5.74, 6) is 1.39. The number of hydrogen-bond acceptors (Lipinski definition) is 7. The van der Waals surface area contributed by atoms with Crippen molar-refractivity contribution in [2.75, 3.05) is 11.3 Å². The lowest BCUT2D eigenvalue weighted by atomic mass is 9.46. The lowest BCUT2D eigenvalue weighted by Gasteiger charge is -2.60. The van der Waals surface area contributed by atoms with Gasteiger partial charge in [0.1, 0.15) is 0 Å². The summed E-state index contributed by atoms with van der Waals surface area (Å²) in [5.41, 5.74) is 4.86. The molecule has 10 heteroatoms. The van der Waals surface area contributed by atoms with E-state index in [1.165, 1.54) is 0 Å². The van der Waals surface area contributed by atoms with E-state index in [0.29, 0.717) is 30.0 Å². The molecule has 2 atom stereocenters. The quantitative estimate of drug-likeness (QED) is 0.287. The normalized spacial score (nSPS) is 26.5. The summed E-state index contributed by atoms with van der Waals surface area (Å²) in [6.07, 6.45) is 4.39. The van der Waals surface area contributed by atoms with Crippen LogP contribution >= 0.6 is 0 Å². The molecule has 6 rings (SSSR count). The third kappa shape index (κ3) is 6.73. The number of sulfonamides is 1. The Kier molecular flexibility index (Phi) is 8.78. The maximum Gasteiger partial charge on any atom is 0.407 e. The predicted molar refractivity (Wildman–Crippen MR) is 178 cm³/mol. The fraction of sp³-hybridized carbons (Fsp3) is 0.528. The van der Waals surface area contributed by atoms with Crippen LogP contribution in [0.3, 0.4) is 0 Å². The molecule has 0 saturated heterocycles. The zero-order valence-corrected chi connectivity index (χ0v) is 28.5. The molecule has 1 spiro atoms. The van der Waals surface area contributed by atoms with Crippen molar-refractivity contribution in [3.63, 3.8) is 0 Å². The Morgan fingerprint density at radius 3 is 2.39 bits per heavy atom. The van der Waals surface area contributed by atoms with Crippen molar-refractivity contribution in [2.45, 2.75) is 96.6 Å². The fourth-order valence-electron chi connectivity index (χ4n) is 8.15. The molecule has 1 amide bonds. The monoisotopic (exact) mass is 646 g/mol. The molecule has 1 aliphatic heterocycles. The standard InChI is InChI=1S/C36H46N4O5S/c1-21(2)13-26-20-44-31-15-30(32-23(5)9-7-10-24(32)6)38-34(39-31)40-46(42,43)29-12-8-11-25(14-29)33(26)27-16-36(17-27)18-28(19-36)37-35(41)45-22(3)4/h7-12,14-15,21-22,26-28,33H,13,16-20H2,1-6H3,(H,37,41)(H,38,39,40)/t26-,27?,28?,33?,36?/m1/s1. The van der Waals surface area contributed by atoms with Crippen LogP contribution in [0.2, 0.25) is 0 Å². The van der Waals surface area contributed by atoms with E-state index in [4.69, 9.17) is 9.47 Å². The van der Waals surface area contributed by atoms with Crippen molar-refractivity contribution in [1.82, 2.24) is 15.3 Å². The van der Waals surface area contributed by atoms with E-state index >= 15 is 0 Å². The SMILES string of the molecule is Cc1cccc(C)c1-c1cc2nc(n1)NS(=O)(=O)c1cccc(c1)C(C1CC3(CC(NC(=O)OC(C)C)C3)C1)[C@H](CC(C)C)CO2. The minimum atomic E-state index is -3.97. The largest absolute Gasteiger partial charge is 0.477 e. The molecule has 3 aromatic rings. The van der Waals surface area contributed by atoms with Gasteiger partial charge in [-0.15, -0.1) is 0 Å². The van der Waals surface area contributed by atoms with Gasteiger partial charge in [0, 0.05) is 23.6 Å². The molecule has 2 fully saturated rings. The Balaban J connectivity index is 1.32. The number of alkyl carbamates (subject to hydrolysis) is 1. The molecule has 46 heavy (non-hydrogen) atoms. The van der Waals surface area contributed by atoms with Gasteiger partial charge in [0.25, 0.3) is 10.0 Å². The van der Waals surface area contributed by atoms with Gasteiger partial charge in [-0.2, -0.15) is 4.98 Å². The zero-order valence-electron chi connectivity index (χ0n) is 27.7. The highest BCUT2D eigenvalue weighted by Gasteiger charge is 2.56. The number of ether oxygens (including phenoxy) is 2. The second-order valence-electron chi connectivity index (χ2n) is 14.5. The molecular formula is C36H46N4O5S. The van der Waals surface area contributed by atoms with Gasteiger partial charge < -0.3 is 14.8 Å². The first-order valence-electron chi connectivity index (χ1n) is 16.5. The first kappa shape index (κ1) is 32.3. The van der Waals surface area contributed by atoms with Gasteiger partial charge >= 0.3 is 6.09 Å². The summed E-state index contributed by atoms with van der Waals surface area (Å²) in [6.45, 7) is 12.6. The summed E-state index contributed by atoms with van der Waals surface area (Å²) in [7, 11) is -3.97. The molecule has 1 unspecified atom stereocenters. The van der Waals surface area contributed by atoms with Crippen LogP contribution in [0.4, 0.5) is 10.7 Å². The van der Waals surface area contributed by atoms with Crippen LogP contribution in [0.15, 0.2) is 53.4 Å². The molecule has 2 saturated carbocycles. The van der Waals surface area contributed by atoms with E-state index in [0.717, 1.165) is 54.4 Å². The van der Waals surface area contributed by atoms with Gasteiger partial charge in [-0.1, -0.05) is 44.2 Å². The number of rotatable bonds is 6. The Labute approximate surface area is 273 Å². The number of fused-ring (bicyclic) bond motifs is 4. The zero-order chi connectivity index (χ0) is 32.8. The highest BCUT2D eigenvalue weighted by molar-refractivity contribution is 7.92. The summed E-state index contributed by atoms with van der Waals surface area (Å²) < 4.78 is 41.9. The Hall–Kier alpha value is -3.66. The highest BCUT2D eigenvalue weighted by Crippen LogP contribution is 2.63. The predicted octanol–water partition coefficient (Wildman–Crippen LogP) is 7.39. The second kappa shape index (κ2) is 12.5. The topological polar surface area (TPSA) is 120 Å². The minimum Gasteiger partial charge on any atom is -0.477 e. The number of anilines is 1.